The van der Waals surface area contributed by atoms with Gasteiger partial charge >= 0.3 is 0 Å². The molecule has 11 aromatic carbocycles. The van der Waals surface area contributed by atoms with Gasteiger partial charge in [0, 0.05) is 5.41 Å². The third-order valence-corrected chi connectivity index (χ3v) is 13.3. The molecule has 0 radical (unpaired) electrons. The summed E-state index contributed by atoms with van der Waals surface area (Å²) in [6.45, 7) is 2.41. The van der Waals surface area contributed by atoms with Gasteiger partial charge in [-0.1, -0.05) is 206 Å². The van der Waals surface area contributed by atoms with Gasteiger partial charge in [-0.3, -0.25) is 0 Å². The zero-order valence-electron chi connectivity index (χ0n) is 33.4. The molecule has 0 spiro atoms. The van der Waals surface area contributed by atoms with Crippen LogP contribution in [0.2, 0.25) is 0 Å². The predicted molar refractivity (Wildman–Crippen MR) is 256 cm³/mol. The summed E-state index contributed by atoms with van der Waals surface area (Å²) >= 11 is 0. The highest BCUT2D eigenvalue weighted by Crippen LogP contribution is 2.54. The lowest BCUT2D eigenvalue weighted by Crippen LogP contribution is -2.22. The first-order valence-electron chi connectivity index (χ1n) is 21.0. The molecule has 0 amide bonds. The maximum atomic E-state index is 2.46. The van der Waals surface area contributed by atoms with Crippen molar-refractivity contribution in [3.63, 3.8) is 0 Å². The fourth-order valence-electron chi connectivity index (χ4n) is 10.4. The summed E-state index contributed by atoms with van der Waals surface area (Å²) in [6, 6.07) is 83.4. The Morgan fingerprint density at radius 3 is 1.58 bits per heavy atom. The molecule has 60 heavy (non-hydrogen) atoms. The minimum absolute atomic E-state index is 0.284. The third kappa shape index (κ3) is 5.17. The monoisotopic (exact) mass is 760 g/mol. The molecule has 1 atom stereocenters. The van der Waals surface area contributed by atoms with Gasteiger partial charge in [0.1, 0.15) is 0 Å². The van der Waals surface area contributed by atoms with E-state index in [0.29, 0.717) is 0 Å². The molecule has 12 rings (SSSR count). The summed E-state index contributed by atoms with van der Waals surface area (Å²) in [5, 5.41) is 10.1. The molecule has 0 N–H and O–H groups in total. The van der Waals surface area contributed by atoms with Crippen LogP contribution in [-0.2, 0) is 5.41 Å². The van der Waals surface area contributed by atoms with Crippen molar-refractivity contribution in [2.45, 2.75) is 12.3 Å². The molecule has 0 aliphatic heterocycles. The second-order valence-electron chi connectivity index (χ2n) is 16.5. The van der Waals surface area contributed by atoms with Crippen LogP contribution in [-0.4, -0.2) is 0 Å². The molecule has 0 bridgehead atoms. The first kappa shape index (κ1) is 34.5. The lowest BCUT2D eigenvalue weighted by molar-refractivity contribution is 0.715. The molecule has 0 nitrogen and oxygen atoms in total. The van der Waals surface area contributed by atoms with Crippen LogP contribution in [0.1, 0.15) is 23.6 Å². The second-order valence-corrected chi connectivity index (χ2v) is 16.5. The van der Waals surface area contributed by atoms with Gasteiger partial charge in [-0.15, -0.1) is 0 Å². The summed E-state index contributed by atoms with van der Waals surface area (Å²) in [7, 11) is 0. The highest BCUT2D eigenvalue weighted by Gasteiger charge is 2.41. The molecule has 0 saturated heterocycles. The Balaban J connectivity index is 1.05. The van der Waals surface area contributed by atoms with Crippen LogP contribution >= 0.6 is 0 Å². The molecule has 1 aliphatic carbocycles. The maximum absolute atomic E-state index is 2.46. The molecule has 0 aromatic heterocycles. The number of fused-ring (bicyclic) bond motifs is 8. The summed E-state index contributed by atoms with van der Waals surface area (Å²) < 4.78 is 0. The van der Waals surface area contributed by atoms with E-state index < -0.39 is 0 Å². The van der Waals surface area contributed by atoms with Crippen LogP contribution in [0.4, 0.5) is 0 Å². The molecule has 0 heteroatoms. The van der Waals surface area contributed by atoms with E-state index >= 15 is 0 Å². The van der Waals surface area contributed by atoms with Crippen LogP contribution in [0.25, 0.3) is 98.7 Å². The average Bonchev–Trinajstić information content (AvgIpc) is 3.57. The summed E-state index contributed by atoms with van der Waals surface area (Å²) in [4.78, 5) is 0. The minimum atomic E-state index is -0.284. The van der Waals surface area contributed by atoms with E-state index in [-0.39, 0.29) is 5.41 Å². The van der Waals surface area contributed by atoms with Crippen molar-refractivity contribution < 1.29 is 0 Å². The second kappa shape index (κ2) is 13.5. The fraction of sp³-hybridized carbons (Fsp3) is 0.0333. The van der Waals surface area contributed by atoms with E-state index in [1.54, 1.807) is 0 Å². The van der Waals surface area contributed by atoms with Gasteiger partial charge in [0.05, 0.1) is 0 Å². The van der Waals surface area contributed by atoms with E-state index in [0.717, 1.165) is 0 Å². The Hall–Kier alpha value is -7.54. The van der Waals surface area contributed by atoms with Crippen molar-refractivity contribution in [2.24, 2.45) is 0 Å². The summed E-state index contributed by atoms with van der Waals surface area (Å²) in [5.41, 5.74) is 16.3. The molecule has 11 aromatic rings. The van der Waals surface area contributed by atoms with Crippen molar-refractivity contribution in [2.75, 3.05) is 0 Å². The average molecular weight is 761 g/mol. The van der Waals surface area contributed by atoms with Crippen LogP contribution in [0, 0.1) is 0 Å². The predicted octanol–water partition coefficient (Wildman–Crippen LogP) is 16.3. The van der Waals surface area contributed by atoms with Gasteiger partial charge in [-0.05, 0) is 141 Å². The van der Waals surface area contributed by atoms with Gasteiger partial charge in [0.2, 0.25) is 0 Å². The lowest BCUT2D eigenvalue weighted by atomic mass is 9.73. The van der Waals surface area contributed by atoms with E-state index in [4.69, 9.17) is 0 Å². The Kier molecular flexibility index (Phi) is 7.77. The van der Waals surface area contributed by atoms with Crippen molar-refractivity contribution in [3.8, 4) is 55.6 Å². The van der Waals surface area contributed by atoms with Crippen LogP contribution < -0.4 is 0 Å². The Labute approximate surface area is 350 Å². The standard InChI is InChI=1S/C60H40/c1-60(46-21-6-3-7-22-46)55-38-45(33-34-49(55)54-36-43-19-8-9-20-44(43)37-56(54)60)39-28-30-42(31-29-39)57-51-26-14-15-27-52(51)59(58-48-24-11-10-18-41(48)32-35-53(57)58)50-25-13-12-23-47(50)40-16-4-2-5-17-40/h2-38H,1H3. The fourth-order valence-corrected chi connectivity index (χ4v) is 10.4. The molecule has 0 fully saturated rings. The molecule has 280 valence electrons. The number of hydrogen-bond donors (Lipinski definition) is 0. The number of rotatable bonds is 5. The topological polar surface area (TPSA) is 0 Å². The molecule has 1 unspecified atom stereocenters. The van der Waals surface area contributed by atoms with E-state index in [1.165, 1.54) is 115 Å². The van der Waals surface area contributed by atoms with E-state index in [9.17, 15) is 0 Å². The largest absolute Gasteiger partial charge is 0.0622 e. The van der Waals surface area contributed by atoms with Gasteiger partial charge in [0.15, 0.2) is 0 Å². The Morgan fingerprint density at radius 2 is 0.833 bits per heavy atom. The zero-order chi connectivity index (χ0) is 39.8. The highest BCUT2D eigenvalue weighted by molar-refractivity contribution is 6.28. The molecular formula is C60H40. The number of hydrogen-bond acceptors (Lipinski definition) is 0. The first-order chi connectivity index (χ1) is 29.6. The quantitative estimate of drug-likeness (QED) is 0.121. The van der Waals surface area contributed by atoms with Crippen LogP contribution in [0.15, 0.2) is 224 Å². The van der Waals surface area contributed by atoms with Gasteiger partial charge in [-0.25, -0.2) is 0 Å². The highest BCUT2D eigenvalue weighted by atomic mass is 14.4. The Morgan fingerprint density at radius 1 is 0.283 bits per heavy atom. The SMILES string of the molecule is CC1(c2ccccc2)c2cc(-c3ccc(-c4c5ccccc5c(-c5ccccc5-c5ccccc5)c5c4ccc4ccccc45)cc3)ccc2-c2cc3ccccc3cc21. The van der Waals surface area contributed by atoms with Crippen LogP contribution in [0.3, 0.4) is 0 Å². The molecule has 0 heterocycles. The molecular weight excluding hydrogens is 721 g/mol. The smallest absolute Gasteiger partial charge is 0.0435 e. The van der Waals surface area contributed by atoms with Crippen molar-refractivity contribution >= 4 is 43.1 Å². The van der Waals surface area contributed by atoms with E-state index in [1.807, 2.05) is 0 Å². The minimum Gasteiger partial charge on any atom is -0.0622 e. The van der Waals surface area contributed by atoms with Crippen molar-refractivity contribution in [1.82, 2.24) is 0 Å². The van der Waals surface area contributed by atoms with E-state index in [2.05, 4.69) is 231 Å². The summed E-state index contributed by atoms with van der Waals surface area (Å²) in [5.74, 6) is 0. The Bertz CT molecular complexity index is 3470. The van der Waals surface area contributed by atoms with Crippen LogP contribution in [0.5, 0.6) is 0 Å². The van der Waals surface area contributed by atoms with Crippen molar-refractivity contribution in [3.05, 3.63) is 241 Å². The number of benzene rings is 11. The van der Waals surface area contributed by atoms with Gasteiger partial charge in [0.25, 0.3) is 0 Å². The van der Waals surface area contributed by atoms with Crippen molar-refractivity contribution in [1.29, 1.82) is 0 Å². The van der Waals surface area contributed by atoms with Gasteiger partial charge in [-0.2, -0.15) is 0 Å². The molecule has 0 saturated carbocycles. The summed E-state index contributed by atoms with van der Waals surface area (Å²) in [6.07, 6.45) is 0. The third-order valence-electron chi connectivity index (χ3n) is 13.3. The van der Waals surface area contributed by atoms with Gasteiger partial charge < -0.3 is 0 Å². The maximum Gasteiger partial charge on any atom is 0.0435 e. The zero-order valence-corrected chi connectivity index (χ0v) is 33.4. The first-order valence-corrected chi connectivity index (χ1v) is 21.0. The lowest BCUT2D eigenvalue weighted by Gasteiger charge is -2.29. The molecule has 1 aliphatic rings. The normalized spacial score (nSPS) is 14.5.